The van der Waals surface area contributed by atoms with Crippen LogP contribution >= 0.6 is 33.9 Å². The molecule has 12 heavy (non-hydrogen) atoms. The van der Waals surface area contributed by atoms with E-state index in [0.29, 0.717) is 5.75 Å². The van der Waals surface area contributed by atoms with Gasteiger partial charge < -0.3 is 5.11 Å². The summed E-state index contributed by atoms with van der Waals surface area (Å²) in [5, 5.41) is 12.8. The zero-order chi connectivity index (χ0) is 8.72. The lowest BCUT2D eigenvalue weighted by Gasteiger charge is -1.97. The Bertz CT molecular complexity index is 433. The summed E-state index contributed by atoms with van der Waals surface area (Å²) >= 11 is 3.81. The maximum absolute atomic E-state index is 9.43. The third kappa shape index (κ3) is 1.21. The quantitative estimate of drug-likeness (QED) is 0.736. The second kappa shape index (κ2) is 2.88. The fourth-order valence-corrected chi connectivity index (χ4v) is 2.59. The normalized spacial score (nSPS) is 10.8. The third-order valence-electron chi connectivity index (χ3n) is 1.84. The zero-order valence-electron chi connectivity index (χ0n) is 6.47. The molecule has 0 atom stereocenters. The van der Waals surface area contributed by atoms with Gasteiger partial charge in [-0.15, -0.1) is 11.3 Å². The van der Waals surface area contributed by atoms with Crippen LogP contribution in [0.1, 0.15) is 5.56 Å². The number of benzene rings is 1. The Morgan fingerprint density at radius 1 is 1.42 bits per heavy atom. The molecule has 0 saturated heterocycles. The third-order valence-corrected chi connectivity index (χ3v) is 3.76. The number of phenolic OH excluding ortho intramolecular Hbond substituents is 1. The van der Waals surface area contributed by atoms with Gasteiger partial charge in [0.1, 0.15) is 5.75 Å². The number of hydrogen-bond donors (Lipinski definition) is 1. The van der Waals surface area contributed by atoms with Crippen molar-refractivity contribution in [2.24, 2.45) is 0 Å². The van der Waals surface area contributed by atoms with Gasteiger partial charge in [-0.25, -0.2) is 0 Å². The van der Waals surface area contributed by atoms with E-state index in [1.807, 2.05) is 12.1 Å². The highest BCUT2D eigenvalue weighted by molar-refractivity contribution is 14.1. The molecule has 0 aliphatic heterocycles. The van der Waals surface area contributed by atoms with E-state index in [4.69, 9.17) is 0 Å². The Morgan fingerprint density at radius 2 is 2.17 bits per heavy atom. The largest absolute Gasteiger partial charge is 0.507 e. The first-order chi connectivity index (χ1) is 5.68. The minimum absolute atomic E-state index is 0.380. The first kappa shape index (κ1) is 8.31. The number of hydrogen-bond acceptors (Lipinski definition) is 2. The van der Waals surface area contributed by atoms with E-state index in [1.54, 1.807) is 11.3 Å². The number of thiophene rings is 1. The van der Waals surface area contributed by atoms with E-state index >= 15 is 0 Å². The minimum Gasteiger partial charge on any atom is -0.507 e. The minimum atomic E-state index is 0.380. The summed E-state index contributed by atoms with van der Waals surface area (Å²) in [4.78, 5) is 0. The smallest absolute Gasteiger partial charge is 0.130 e. The van der Waals surface area contributed by atoms with Gasteiger partial charge in [-0.05, 0) is 58.0 Å². The van der Waals surface area contributed by atoms with Gasteiger partial charge in [0.05, 0.1) is 3.57 Å². The molecule has 0 bridgehead atoms. The van der Waals surface area contributed by atoms with Crippen LogP contribution in [0, 0.1) is 10.5 Å². The van der Waals surface area contributed by atoms with Crippen molar-refractivity contribution in [1.29, 1.82) is 0 Å². The van der Waals surface area contributed by atoms with Gasteiger partial charge in [-0.2, -0.15) is 0 Å². The predicted molar refractivity (Wildman–Crippen MR) is 60.9 cm³/mol. The number of rotatable bonds is 0. The van der Waals surface area contributed by atoms with E-state index in [9.17, 15) is 5.11 Å². The Balaban J connectivity index is 2.87. The Morgan fingerprint density at radius 3 is 2.92 bits per heavy atom. The van der Waals surface area contributed by atoms with Gasteiger partial charge >= 0.3 is 0 Å². The highest BCUT2D eigenvalue weighted by Gasteiger charge is 2.04. The van der Waals surface area contributed by atoms with Crippen molar-refractivity contribution < 1.29 is 5.11 Å². The maximum atomic E-state index is 9.43. The van der Waals surface area contributed by atoms with E-state index in [2.05, 4.69) is 34.9 Å². The molecule has 0 saturated carbocycles. The van der Waals surface area contributed by atoms with Crippen LogP contribution in [0.25, 0.3) is 10.1 Å². The van der Waals surface area contributed by atoms with E-state index in [0.717, 1.165) is 8.27 Å². The standard InChI is InChI=1S/C9H7IOS/c1-5-4-12-9-3-8(11)7(10)2-6(5)9/h2-4,11H,1H3. The van der Waals surface area contributed by atoms with Crippen molar-refractivity contribution in [1.82, 2.24) is 0 Å². The zero-order valence-corrected chi connectivity index (χ0v) is 9.44. The number of fused-ring (bicyclic) bond motifs is 1. The predicted octanol–water partition coefficient (Wildman–Crippen LogP) is 3.52. The SMILES string of the molecule is Cc1csc2cc(O)c(I)cc12. The van der Waals surface area contributed by atoms with Crippen molar-refractivity contribution >= 4 is 44.0 Å². The van der Waals surface area contributed by atoms with Crippen molar-refractivity contribution in [2.75, 3.05) is 0 Å². The Hall–Kier alpha value is -0.290. The summed E-state index contributed by atoms with van der Waals surface area (Å²) < 4.78 is 2.08. The molecule has 0 unspecified atom stereocenters. The molecule has 62 valence electrons. The van der Waals surface area contributed by atoms with Crippen molar-refractivity contribution in [2.45, 2.75) is 6.92 Å². The second-order valence-electron chi connectivity index (χ2n) is 2.72. The first-order valence-electron chi connectivity index (χ1n) is 3.55. The number of phenols is 1. The van der Waals surface area contributed by atoms with Crippen LogP contribution in [0.4, 0.5) is 0 Å². The van der Waals surface area contributed by atoms with Crippen LogP contribution in [0.2, 0.25) is 0 Å². The number of aryl methyl sites for hydroxylation is 1. The summed E-state index contributed by atoms with van der Waals surface area (Å²) in [5.74, 6) is 0.380. The van der Waals surface area contributed by atoms with Crippen LogP contribution < -0.4 is 0 Å². The molecule has 0 aliphatic carbocycles. The molecule has 1 aromatic carbocycles. The average molecular weight is 290 g/mol. The van der Waals surface area contributed by atoms with Gasteiger partial charge in [0.15, 0.2) is 0 Å². The molecule has 0 spiro atoms. The van der Waals surface area contributed by atoms with Crippen LogP contribution in [0.3, 0.4) is 0 Å². The monoisotopic (exact) mass is 290 g/mol. The van der Waals surface area contributed by atoms with Crippen LogP contribution in [0.15, 0.2) is 17.5 Å². The molecular weight excluding hydrogens is 283 g/mol. The molecule has 0 amide bonds. The molecule has 1 nitrogen and oxygen atoms in total. The van der Waals surface area contributed by atoms with Gasteiger partial charge in [-0.3, -0.25) is 0 Å². The molecule has 2 aromatic rings. The summed E-state index contributed by atoms with van der Waals surface area (Å²) in [6, 6.07) is 3.85. The van der Waals surface area contributed by atoms with Gasteiger partial charge in [-0.1, -0.05) is 0 Å². The lowest BCUT2D eigenvalue weighted by atomic mass is 10.2. The lowest BCUT2D eigenvalue weighted by Crippen LogP contribution is -1.73. The molecular formula is C9H7IOS. The van der Waals surface area contributed by atoms with Crippen LogP contribution in [0.5, 0.6) is 5.75 Å². The second-order valence-corrected chi connectivity index (χ2v) is 4.79. The summed E-state index contributed by atoms with van der Waals surface area (Å²) in [5.41, 5.74) is 1.29. The number of aromatic hydroxyl groups is 1. The molecule has 1 aromatic heterocycles. The van der Waals surface area contributed by atoms with Gasteiger partial charge in [0.25, 0.3) is 0 Å². The topological polar surface area (TPSA) is 20.2 Å². The van der Waals surface area contributed by atoms with Crippen molar-refractivity contribution in [3.8, 4) is 5.75 Å². The fourth-order valence-electron chi connectivity index (χ4n) is 1.16. The van der Waals surface area contributed by atoms with E-state index in [1.165, 1.54) is 10.9 Å². The van der Waals surface area contributed by atoms with Gasteiger partial charge in [0.2, 0.25) is 0 Å². The number of halogens is 1. The summed E-state index contributed by atoms with van der Waals surface area (Å²) in [6.07, 6.45) is 0. The lowest BCUT2D eigenvalue weighted by molar-refractivity contribution is 0.472. The van der Waals surface area contributed by atoms with E-state index in [-0.39, 0.29) is 0 Å². The molecule has 3 heteroatoms. The molecule has 1 N–H and O–H groups in total. The summed E-state index contributed by atoms with van der Waals surface area (Å²) in [6.45, 7) is 2.09. The van der Waals surface area contributed by atoms with Gasteiger partial charge in [0, 0.05) is 4.70 Å². The fraction of sp³-hybridized carbons (Fsp3) is 0.111. The summed E-state index contributed by atoms with van der Waals surface area (Å²) in [7, 11) is 0. The van der Waals surface area contributed by atoms with Crippen molar-refractivity contribution in [3.05, 3.63) is 26.6 Å². The molecule has 1 heterocycles. The molecule has 0 aliphatic rings. The maximum Gasteiger partial charge on any atom is 0.130 e. The molecule has 2 rings (SSSR count). The van der Waals surface area contributed by atoms with Crippen LogP contribution in [-0.2, 0) is 0 Å². The first-order valence-corrected chi connectivity index (χ1v) is 5.50. The molecule has 0 radical (unpaired) electrons. The highest BCUT2D eigenvalue weighted by atomic mass is 127. The van der Waals surface area contributed by atoms with E-state index < -0.39 is 0 Å². The average Bonchev–Trinajstić information content (AvgIpc) is 2.35. The Labute approximate surface area is 88.2 Å². The van der Waals surface area contributed by atoms with Crippen molar-refractivity contribution in [3.63, 3.8) is 0 Å². The highest BCUT2D eigenvalue weighted by Crippen LogP contribution is 2.31. The molecule has 0 fully saturated rings. The van der Waals surface area contributed by atoms with Crippen LogP contribution in [-0.4, -0.2) is 5.11 Å². The Kier molecular flexibility index (Phi) is 2.00.